The number of hydrogen-bond acceptors (Lipinski definition) is 2. The van der Waals surface area contributed by atoms with E-state index in [0.717, 1.165) is 12.8 Å². The van der Waals surface area contributed by atoms with Crippen LogP contribution in [-0.4, -0.2) is 11.0 Å². The van der Waals surface area contributed by atoms with E-state index in [2.05, 4.69) is 5.32 Å². The largest absolute Gasteiger partial charge is 0.505 e. The highest BCUT2D eigenvalue weighted by molar-refractivity contribution is 6.31. The normalized spacial score (nSPS) is 12.2. The minimum atomic E-state index is -0.0937. The van der Waals surface area contributed by atoms with Crippen LogP contribution < -0.4 is 5.32 Å². The summed E-state index contributed by atoms with van der Waals surface area (Å²) >= 11 is 5.88. The quantitative estimate of drug-likeness (QED) is 0.806. The van der Waals surface area contributed by atoms with Gasteiger partial charge in [0.25, 0.3) is 0 Å². The lowest BCUT2D eigenvalue weighted by Crippen LogP contribution is -2.20. The summed E-state index contributed by atoms with van der Waals surface area (Å²) < 4.78 is 0. The zero-order valence-electron chi connectivity index (χ0n) is 10.4. The Balaban J connectivity index is 2.85. The van der Waals surface area contributed by atoms with E-state index < -0.39 is 0 Å². The predicted octanol–water partition coefficient (Wildman–Crippen LogP) is 3.73. The van der Waals surface area contributed by atoms with Crippen molar-refractivity contribution < 1.29 is 9.90 Å². The molecule has 0 saturated carbocycles. The van der Waals surface area contributed by atoms with E-state index in [1.807, 2.05) is 13.8 Å². The van der Waals surface area contributed by atoms with Crippen LogP contribution in [0.25, 0.3) is 0 Å². The van der Waals surface area contributed by atoms with Crippen molar-refractivity contribution in [2.24, 2.45) is 5.92 Å². The minimum Gasteiger partial charge on any atom is -0.505 e. The third kappa shape index (κ3) is 3.63. The van der Waals surface area contributed by atoms with E-state index in [1.165, 1.54) is 0 Å². The van der Waals surface area contributed by atoms with Crippen LogP contribution in [0, 0.1) is 12.8 Å². The average molecular weight is 256 g/mol. The zero-order chi connectivity index (χ0) is 13.0. The lowest BCUT2D eigenvalue weighted by molar-refractivity contribution is -0.119. The van der Waals surface area contributed by atoms with E-state index in [9.17, 15) is 9.90 Å². The number of halogens is 1. The van der Waals surface area contributed by atoms with E-state index in [4.69, 9.17) is 11.6 Å². The molecule has 0 aromatic heterocycles. The molecule has 0 aliphatic heterocycles. The highest BCUT2D eigenvalue weighted by Gasteiger charge is 2.14. The molecule has 94 valence electrons. The molecule has 1 atom stereocenters. The maximum Gasteiger partial charge on any atom is 0.227 e. The molecule has 3 nitrogen and oxygen atoms in total. The summed E-state index contributed by atoms with van der Waals surface area (Å²) in [6.45, 7) is 5.64. The Kier molecular flexibility index (Phi) is 4.82. The molecule has 1 unspecified atom stereocenters. The van der Waals surface area contributed by atoms with Crippen molar-refractivity contribution >= 4 is 23.2 Å². The fourth-order valence-corrected chi connectivity index (χ4v) is 1.92. The smallest absolute Gasteiger partial charge is 0.227 e. The van der Waals surface area contributed by atoms with Crippen LogP contribution in [0.15, 0.2) is 12.1 Å². The lowest BCUT2D eigenvalue weighted by atomic mass is 10.1. The zero-order valence-corrected chi connectivity index (χ0v) is 11.1. The van der Waals surface area contributed by atoms with E-state index >= 15 is 0 Å². The van der Waals surface area contributed by atoms with Crippen molar-refractivity contribution in [3.63, 3.8) is 0 Å². The summed E-state index contributed by atoms with van der Waals surface area (Å²) in [5.41, 5.74) is 1.03. The summed E-state index contributed by atoms with van der Waals surface area (Å²) in [5, 5.41) is 13.0. The SMILES string of the molecule is CCCC(C)C(=O)Nc1cc(Cl)cc(C)c1O. The fraction of sp³-hybridized carbons (Fsp3) is 0.462. The molecule has 2 N–H and O–H groups in total. The van der Waals surface area contributed by atoms with Crippen molar-refractivity contribution in [3.05, 3.63) is 22.7 Å². The minimum absolute atomic E-state index is 0.0707. The molecule has 1 aromatic carbocycles. The topological polar surface area (TPSA) is 49.3 Å². The first kappa shape index (κ1) is 13.8. The van der Waals surface area contributed by atoms with Crippen molar-refractivity contribution in [1.82, 2.24) is 0 Å². The molecule has 1 aromatic rings. The van der Waals surface area contributed by atoms with Crippen LogP contribution >= 0.6 is 11.6 Å². The molecule has 0 radical (unpaired) electrons. The van der Waals surface area contributed by atoms with Gasteiger partial charge in [0.1, 0.15) is 5.75 Å². The maximum atomic E-state index is 11.8. The number of aryl methyl sites for hydroxylation is 1. The standard InChI is InChI=1S/C13H18ClNO2/c1-4-5-8(2)13(17)15-11-7-10(14)6-9(3)12(11)16/h6-8,16H,4-5H2,1-3H3,(H,15,17). The van der Waals surface area contributed by atoms with Crippen molar-refractivity contribution in [2.45, 2.75) is 33.6 Å². The van der Waals surface area contributed by atoms with Crippen LogP contribution in [0.3, 0.4) is 0 Å². The number of nitrogens with one attached hydrogen (secondary N) is 1. The molecule has 1 amide bonds. The predicted molar refractivity (Wildman–Crippen MR) is 70.6 cm³/mol. The highest BCUT2D eigenvalue weighted by Crippen LogP contribution is 2.31. The highest BCUT2D eigenvalue weighted by atomic mass is 35.5. The van der Waals surface area contributed by atoms with Crippen LogP contribution in [0.2, 0.25) is 5.02 Å². The number of hydrogen-bond donors (Lipinski definition) is 2. The number of anilines is 1. The molecule has 0 bridgehead atoms. The second kappa shape index (κ2) is 5.92. The van der Waals surface area contributed by atoms with E-state index in [0.29, 0.717) is 16.3 Å². The number of benzene rings is 1. The summed E-state index contributed by atoms with van der Waals surface area (Å²) in [7, 11) is 0. The van der Waals surface area contributed by atoms with Gasteiger partial charge in [0.05, 0.1) is 5.69 Å². The van der Waals surface area contributed by atoms with Gasteiger partial charge in [-0.25, -0.2) is 0 Å². The third-order valence-corrected chi connectivity index (χ3v) is 2.91. The molecule has 0 saturated heterocycles. The fourth-order valence-electron chi connectivity index (χ4n) is 1.65. The molecule has 17 heavy (non-hydrogen) atoms. The van der Waals surface area contributed by atoms with Gasteiger partial charge in [0.2, 0.25) is 5.91 Å². The Morgan fingerprint density at radius 1 is 1.53 bits per heavy atom. The molecular weight excluding hydrogens is 238 g/mol. The molecule has 0 fully saturated rings. The number of phenols is 1. The van der Waals surface area contributed by atoms with E-state index in [-0.39, 0.29) is 17.6 Å². The van der Waals surface area contributed by atoms with Gasteiger partial charge < -0.3 is 10.4 Å². The number of phenolic OH excluding ortho intramolecular Hbond substituents is 1. The van der Waals surface area contributed by atoms with Crippen molar-refractivity contribution in [3.8, 4) is 5.75 Å². The van der Waals surface area contributed by atoms with Gasteiger partial charge in [-0.3, -0.25) is 4.79 Å². The molecule has 1 rings (SSSR count). The molecule has 0 heterocycles. The van der Waals surface area contributed by atoms with Crippen LogP contribution in [0.4, 0.5) is 5.69 Å². The molecule has 4 heteroatoms. The van der Waals surface area contributed by atoms with Crippen LogP contribution in [0.5, 0.6) is 5.75 Å². The second-order valence-corrected chi connectivity index (χ2v) is 4.73. The second-order valence-electron chi connectivity index (χ2n) is 4.30. The third-order valence-electron chi connectivity index (χ3n) is 2.69. The maximum absolute atomic E-state index is 11.8. The van der Waals surface area contributed by atoms with Gasteiger partial charge in [0, 0.05) is 10.9 Å². The van der Waals surface area contributed by atoms with Crippen LogP contribution in [0.1, 0.15) is 32.3 Å². The summed E-state index contributed by atoms with van der Waals surface area (Å²) in [6, 6.07) is 3.21. The summed E-state index contributed by atoms with van der Waals surface area (Å²) in [5.74, 6) is -0.0889. The van der Waals surface area contributed by atoms with Gasteiger partial charge in [-0.2, -0.15) is 0 Å². The van der Waals surface area contributed by atoms with Crippen molar-refractivity contribution in [1.29, 1.82) is 0 Å². The summed E-state index contributed by atoms with van der Waals surface area (Å²) in [6.07, 6.45) is 1.78. The monoisotopic (exact) mass is 255 g/mol. The Labute approximate surface area is 107 Å². The molecule has 0 aliphatic rings. The first-order valence-electron chi connectivity index (χ1n) is 5.75. The summed E-state index contributed by atoms with van der Waals surface area (Å²) in [4.78, 5) is 11.8. The molecule has 0 spiro atoms. The number of amides is 1. The number of aromatic hydroxyl groups is 1. The van der Waals surface area contributed by atoms with Gasteiger partial charge >= 0.3 is 0 Å². The Morgan fingerprint density at radius 3 is 2.76 bits per heavy atom. The van der Waals surface area contributed by atoms with Crippen LogP contribution in [-0.2, 0) is 4.79 Å². The van der Waals surface area contributed by atoms with E-state index in [1.54, 1.807) is 19.1 Å². The Hall–Kier alpha value is -1.22. The Bertz CT molecular complexity index is 418. The number of carbonyl (C=O) groups excluding carboxylic acids is 1. The lowest BCUT2D eigenvalue weighted by Gasteiger charge is -2.13. The first-order chi connectivity index (χ1) is 7.95. The number of rotatable bonds is 4. The Morgan fingerprint density at radius 2 is 2.18 bits per heavy atom. The van der Waals surface area contributed by atoms with Gasteiger partial charge in [0.15, 0.2) is 0 Å². The van der Waals surface area contributed by atoms with Crippen molar-refractivity contribution in [2.75, 3.05) is 5.32 Å². The molecular formula is C13H18ClNO2. The van der Waals surface area contributed by atoms with Gasteiger partial charge in [-0.05, 0) is 31.0 Å². The first-order valence-corrected chi connectivity index (χ1v) is 6.13. The van der Waals surface area contributed by atoms with Gasteiger partial charge in [-0.1, -0.05) is 31.9 Å². The van der Waals surface area contributed by atoms with Gasteiger partial charge in [-0.15, -0.1) is 0 Å². The molecule has 0 aliphatic carbocycles. The number of carbonyl (C=O) groups is 1. The average Bonchev–Trinajstić information content (AvgIpc) is 2.25.